The predicted molar refractivity (Wildman–Crippen MR) is 74.8 cm³/mol. The molecule has 0 aromatic carbocycles. The first-order valence-electron chi connectivity index (χ1n) is 5.59. The predicted octanol–water partition coefficient (Wildman–Crippen LogP) is 2.45. The maximum absolute atomic E-state index is 11.8. The van der Waals surface area contributed by atoms with E-state index in [0.29, 0.717) is 5.75 Å². The third-order valence-electron chi connectivity index (χ3n) is 2.46. The molecule has 0 aliphatic heterocycles. The van der Waals surface area contributed by atoms with E-state index < -0.39 is 0 Å². The fourth-order valence-electron chi connectivity index (χ4n) is 1.51. The average Bonchev–Trinajstić information content (AvgIpc) is 2.97. The van der Waals surface area contributed by atoms with Crippen LogP contribution in [0.3, 0.4) is 0 Å². The highest BCUT2D eigenvalue weighted by atomic mass is 32.2. The van der Waals surface area contributed by atoms with Gasteiger partial charge in [0, 0.05) is 24.3 Å². The van der Waals surface area contributed by atoms with E-state index in [1.54, 1.807) is 17.5 Å². The normalized spacial score (nSPS) is 12.3. The topological polar surface area (TPSA) is 46.9 Å². The van der Waals surface area contributed by atoms with Crippen LogP contribution in [0.1, 0.15) is 17.8 Å². The van der Waals surface area contributed by atoms with Gasteiger partial charge in [-0.2, -0.15) is 0 Å². The van der Waals surface area contributed by atoms with E-state index in [2.05, 4.69) is 10.3 Å². The number of aromatic nitrogens is 2. The third kappa shape index (κ3) is 3.36. The van der Waals surface area contributed by atoms with Gasteiger partial charge in [0.2, 0.25) is 5.91 Å². The molecule has 2 heterocycles. The third-order valence-corrected chi connectivity index (χ3v) is 4.57. The summed E-state index contributed by atoms with van der Waals surface area (Å²) in [6, 6.07) is 4.09. The van der Waals surface area contributed by atoms with Crippen molar-refractivity contribution >= 4 is 29.0 Å². The molecule has 2 aromatic rings. The van der Waals surface area contributed by atoms with Gasteiger partial charge < -0.3 is 9.88 Å². The molecule has 0 saturated heterocycles. The van der Waals surface area contributed by atoms with Crippen molar-refractivity contribution in [1.29, 1.82) is 0 Å². The Bertz CT molecular complexity index is 507. The lowest BCUT2D eigenvalue weighted by atomic mass is 10.3. The highest BCUT2D eigenvalue weighted by Crippen LogP contribution is 2.19. The van der Waals surface area contributed by atoms with E-state index in [4.69, 9.17) is 0 Å². The summed E-state index contributed by atoms with van der Waals surface area (Å²) in [5.74, 6) is 0.421. The number of carbonyl (C=O) groups excluding carboxylic acids is 1. The highest BCUT2D eigenvalue weighted by Gasteiger charge is 2.11. The molecule has 1 atom stereocenters. The van der Waals surface area contributed by atoms with Crippen LogP contribution >= 0.6 is 23.1 Å². The minimum absolute atomic E-state index is 0.0314. The Kier molecular flexibility index (Phi) is 4.43. The Labute approximate surface area is 114 Å². The number of rotatable bonds is 5. The van der Waals surface area contributed by atoms with Gasteiger partial charge in [-0.25, -0.2) is 4.98 Å². The van der Waals surface area contributed by atoms with Gasteiger partial charge in [0.05, 0.1) is 11.8 Å². The summed E-state index contributed by atoms with van der Waals surface area (Å²) in [4.78, 5) is 17.1. The SMILES string of the molecule is C[C@@H](NC(=O)CSc1nccn1C)c1cccs1. The zero-order valence-electron chi connectivity index (χ0n) is 10.3. The first-order valence-corrected chi connectivity index (χ1v) is 7.46. The molecule has 0 radical (unpaired) electrons. The van der Waals surface area contributed by atoms with Gasteiger partial charge in [0.1, 0.15) is 0 Å². The molecule has 0 unspecified atom stereocenters. The summed E-state index contributed by atoms with van der Waals surface area (Å²) in [6.45, 7) is 2.00. The van der Waals surface area contributed by atoms with Crippen LogP contribution in [-0.4, -0.2) is 21.2 Å². The maximum atomic E-state index is 11.8. The van der Waals surface area contributed by atoms with E-state index in [1.807, 2.05) is 42.2 Å². The van der Waals surface area contributed by atoms with Crippen molar-refractivity contribution in [2.45, 2.75) is 18.1 Å². The van der Waals surface area contributed by atoms with Crippen molar-refractivity contribution in [3.63, 3.8) is 0 Å². The van der Waals surface area contributed by atoms with Crippen LogP contribution < -0.4 is 5.32 Å². The number of thiophene rings is 1. The Morgan fingerprint density at radius 3 is 3.11 bits per heavy atom. The fraction of sp³-hybridized carbons (Fsp3) is 0.333. The van der Waals surface area contributed by atoms with Gasteiger partial charge in [0.25, 0.3) is 0 Å². The van der Waals surface area contributed by atoms with E-state index in [1.165, 1.54) is 16.6 Å². The van der Waals surface area contributed by atoms with Crippen LogP contribution in [0.2, 0.25) is 0 Å². The van der Waals surface area contributed by atoms with Crippen molar-refractivity contribution in [3.05, 3.63) is 34.8 Å². The number of thioether (sulfide) groups is 1. The maximum Gasteiger partial charge on any atom is 0.230 e. The van der Waals surface area contributed by atoms with Crippen LogP contribution in [0.5, 0.6) is 0 Å². The van der Waals surface area contributed by atoms with E-state index in [9.17, 15) is 4.79 Å². The molecule has 0 spiro atoms. The Balaban J connectivity index is 1.81. The number of hydrogen-bond donors (Lipinski definition) is 1. The minimum Gasteiger partial charge on any atom is -0.348 e. The highest BCUT2D eigenvalue weighted by molar-refractivity contribution is 7.99. The van der Waals surface area contributed by atoms with Crippen LogP contribution in [0, 0.1) is 0 Å². The quantitative estimate of drug-likeness (QED) is 0.856. The van der Waals surface area contributed by atoms with E-state index in [-0.39, 0.29) is 11.9 Å². The lowest BCUT2D eigenvalue weighted by molar-refractivity contribution is -0.119. The second kappa shape index (κ2) is 6.06. The van der Waals surface area contributed by atoms with Crippen LogP contribution in [-0.2, 0) is 11.8 Å². The molecule has 2 aromatic heterocycles. The van der Waals surface area contributed by atoms with Crippen molar-refractivity contribution in [2.24, 2.45) is 7.05 Å². The van der Waals surface area contributed by atoms with Gasteiger partial charge in [-0.1, -0.05) is 17.8 Å². The Hall–Kier alpha value is -1.27. The number of imidazole rings is 1. The zero-order valence-corrected chi connectivity index (χ0v) is 11.9. The second-order valence-corrected chi connectivity index (χ2v) is 5.84. The first kappa shape index (κ1) is 13.2. The number of hydrogen-bond acceptors (Lipinski definition) is 4. The van der Waals surface area contributed by atoms with E-state index in [0.717, 1.165) is 5.16 Å². The van der Waals surface area contributed by atoms with Crippen molar-refractivity contribution in [3.8, 4) is 0 Å². The molecular formula is C12H15N3OS2. The van der Waals surface area contributed by atoms with Crippen molar-refractivity contribution in [1.82, 2.24) is 14.9 Å². The zero-order chi connectivity index (χ0) is 13.0. The fourth-order valence-corrected chi connectivity index (χ4v) is 2.99. The average molecular weight is 281 g/mol. The lowest BCUT2D eigenvalue weighted by Crippen LogP contribution is -2.27. The molecular weight excluding hydrogens is 266 g/mol. The van der Waals surface area contributed by atoms with Crippen molar-refractivity contribution < 1.29 is 4.79 Å². The minimum atomic E-state index is 0.0314. The summed E-state index contributed by atoms with van der Waals surface area (Å²) in [5, 5.41) is 5.85. The largest absolute Gasteiger partial charge is 0.348 e. The lowest BCUT2D eigenvalue weighted by Gasteiger charge is -2.11. The van der Waals surface area contributed by atoms with Gasteiger partial charge in [-0.15, -0.1) is 11.3 Å². The summed E-state index contributed by atoms with van der Waals surface area (Å²) in [5.41, 5.74) is 0. The molecule has 0 saturated carbocycles. The first-order chi connectivity index (χ1) is 8.66. The number of amides is 1. The van der Waals surface area contributed by atoms with Gasteiger partial charge >= 0.3 is 0 Å². The second-order valence-electron chi connectivity index (χ2n) is 3.91. The van der Waals surface area contributed by atoms with Crippen LogP contribution in [0.4, 0.5) is 0 Å². The number of aryl methyl sites for hydroxylation is 1. The molecule has 4 nitrogen and oxygen atoms in total. The smallest absolute Gasteiger partial charge is 0.230 e. The molecule has 6 heteroatoms. The molecule has 1 N–H and O–H groups in total. The standard InChI is InChI=1S/C12H15N3OS2/c1-9(10-4-3-7-17-10)14-11(16)8-18-12-13-5-6-15(12)2/h3-7,9H,8H2,1-2H3,(H,14,16)/t9-/m1/s1. The molecule has 1 amide bonds. The monoisotopic (exact) mass is 281 g/mol. The van der Waals surface area contributed by atoms with Gasteiger partial charge in [-0.05, 0) is 18.4 Å². The summed E-state index contributed by atoms with van der Waals surface area (Å²) in [6.07, 6.45) is 3.60. The Morgan fingerprint density at radius 1 is 1.67 bits per heavy atom. The van der Waals surface area contributed by atoms with Crippen LogP contribution in [0.15, 0.2) is 35.1 Å². The van der Waals surface area contributed by atoms with Gasteiger partial charge in [0.15, 0.2) is 5.16 Å². The molecule has 0 bridgehead atoms. The molecule has 18 heavy (non-hydrogen) atoms. The van der Waals surface area contributed by atoms with E-state index >= 15 is 0 Å². The molecule has 96 valence electrons. The Morgan fingerprint density at radius 2 is 2.50 bits per heavy atom. The van der Waals surface area contributed by atoms with Gasteiger partial charge in [-0.3, -0.25) is 4.79 Å². The molecule has 0 aliphatic carbocycles. The summed E-state index contributed by atoms with van der Waals surface area (Å²) < 4.78 is 1.90. The number of carbonyl (C=O) groups is 1. The summed E-state index contributed by atoms with van der Waals surface area (Å²) >= 11 is 3.10. The number of nitrogens with zero attached hydrogens (tertiary/aromatic N) is 2. The van der Waals surface area contributed by atoms with Crippen molar-refractivity contribution in [2.75, 3.05) is 5.75 Å². The van der Waals surface area contributed by atoms with Crippen LogP contribution in [0.25, 0.3) is 0 Å². The molecule has 0 fully saturated rings. The molecule has 2 rings (SSSR count). The number of nitrogens with one attached hydrogen (secondary N) is 1. The summed E-state index contributed by atoms with van der Waals surface area (Å²) in [7, 11) is 1.92. The molecule has 0 aliphatic rings.